The van der Waals surface area contributed by atoms with Crippen molar-refractivity contribution in [1.82, 2.24) is 4.90 Å². The zero-order valence-electron chi connectivity index (χ0n) is 22.4. The number of aliphatic carboxylic acids is 1. The molecule has 226 valence electrons. The zero-order chi connectivity index (χ0) is 30.9. The van der Waals surface area contributed by atoms with E-state index in [0.29, 0.717) is 18.2 Å². The van der Waals surface area contributed by atoms with Crippen molar-refractivity contribution in [3.8, 4) is 0 Å². The number of halogens is 9. The Kier molecular flexibility index (Phi) is 9.57. The van der Waals surface area contributed by atoms with Crippen molar-refractivity contribution >= 4 is 5.97 Å². The highest BCUT2D eigenvalue weighted by Crippen LogP contribution is 2.47. The summed E-state index contributed by atoms with van der Waals surface area (Å²) in [4.78, 5) is 13.2. The molecular formula is C29H30F9NO2. The molecule has 12 heteroatoms. The fourth-order valence-electron chi connectivity index (χ4n) is 5.18. The largest absolute Gasteiger partial charge is 0.481 e. The van der Waals surface area contributed by atoms with E-state index < -0.39 is 70.7 Å². The van der Waals surface area contributed by atoms with Crippen molar-refractivity contribution in [3.63, 3.8) is 0 Å². The van der Waals surface area contributed by atoms with Crippen LogP contribution in [0.15, 0.2) is 54.6 Å². The number of carboxylic acids is 1. The molecule has 0 aliphatic carbocycles. The maximum atomic E-state index is 14.1. The third-order valence-electron chi connectivity index (χ3n) is 7.44. The molecule has 1 unspecified atom stereocenters. The molecule has 3 rings (SSSR count). The molecule has 1 aliphatic rings. The summed E-state index contributed by atoms with van der Waals surface area (Å²) in [6, 6.07) is 2.99. The van der Waals surface area contributed by atoms with Crippen molar-refractivity contribution in [1.29, 1.82) is 0 Å². The van der Waals surface area contributed by atoms with Crippen LogP contribution in [0.3, 0.4) is 0 Å². The van der Waals surface area contributed by atoms with E-state index in [9.17, 15) is 49.4 Å². The molecule has 0 bridgehead atoms. The Morgan fingerprint density at radius 1 is 0.854 bits per heavy atom. The van der Waals surface area contributed by atoms with E-state index >= 15 is 0 Å². The number of nitrogens with zero attached hydrogens (tertiary/aromatic N) is 1. The Balaban J connectivity index is 2.23. The Morgan fingerprint density at radius 3 is 1.90 bits per heavy atom. The monoisotopic (exact) mass is 595 g/mol. The highest BCUT2D eigenvalue weighted by Gasteiger charge is 2.43. The average Bonchev–Trinajstić information content (AvgIpc) is 2.86. The summed E-state index contributed by atoms with van der Waals surface area (Å²) < 4.78 is 123. The third-order valence-corrected chi connectivity index (χ3v) is 7.44. The normalized spacial score (nSPS) is 20.9. The van der Waals surface area contributed by atoms with Gasteiger partial charge in [-0.3, -0.25) is 9.69 Å². The maximum Gasteiger partial charge on any atom is 0.416 e. The van der Waals surface area contributed by atoms with Gasteiger partial charge in [-0.2, -0.15) is 39.5 Å². The molecule has 1 N–H and O–H groups in total. The van der Waals surface area contributed by atoms with Gasteiger partial charge in [-0.15, -0.1) is 0 Å². The fourth-order valence-corrected chi connectivity index (χ4v) is 5.18. The van der Waals surface area contributed by atoms with Crippen LogP contribution in [0.25, 0.3) is 0 Å². The molecule has 0 radical (unpaired) electrons. The van der Waals surface area contributed by atoms with E-state index in [-0.39, 0.29) is 30.9 Å². The van der Waals surface area contributed by atoms with Crippen molar-refractivity contribution in [2.24, 2.45) is 17.8 Å². The first-order valence-corrected chi connectivity index (χ1v) is 12.9. The zero-order valence-corrected chi connectivity index (χ0v) is 22.4. The molecule has 4 atom stereocenters. The molecule has 2 aromatic rings. The molecular weight excluding hydrogens is 565 g/mol. The van der Waals surface area contributed by atoms with Gasteiger partial charge in [-0.1, -0.05) is 45.1 Å². The van der Waals surface area contributed by atoms with E-state index in [1.807, 2.05) is 0 Å². The van der Waals surface area contributed by atoms with Gasteiger partial charge in [0.25, 0.3) is 0 Å². The number of carbonyl (C=O) groups is 1. The minimum atomic E-state index is -5.00. The summed E-state index contributed by atoms with van der Waals surface area (Å²) in [5.74, 6) is -2.64. The van der Waals surface area contributed by atoms with Gasteiger partial charge in [-0.25, -0.2) is 0 Å². The van der Waals surface area contributed by atoms with Crippen LogP contribution in [0.2, 0.25) is 0 Å². The number of likely N-dealkylation sites (tertiary alicyclic amines) is 1. The average molecular weight is 596 g/mol. The Morgan fingerprint density at radius 2 is 1.41 bits per heavy atom. The molecule has 3 nitrogen and oxygen atoms in total. The highest BCUT2D eigenvalue weighted by molar-refractivity contribution is 5.69. The number of benzene rings is 2. The summed E-state index contributed by atoms with van der Waals surface area (Å²) >= 11 is 0. The maximum absolute atomic E-state index is 14.1. The van der Waals surface area contributed by atoms with Gasteiger partial charge in [0.2, 0.25) is 0 Å². The number of hydrogen-bond donors (Lipinski definition) is 1. The van der Waals surface area contributed by atoms with Gasteiger partial charge in [0.05, 0.1) is 28.7 Å². The molecule has 1 heterocycles. The molecule has 0 aromatic heterocycles. The van der Waals surface area contributed by atoms with Crippen molar-refractivity contribution in [2.75, 3.05) is 6.54 Å². The number of carboxylic acid groups (broad SMARTS) is 1. The number of allylic oxidation sites excluding steroid dienone is 1. The summed E-state index contributed by atoms with van der Waals surface area (Å²) in [6.07, 6.45) is -11.4. The minimum absolute atomic E-state index is 0.00534. The van der Waals surface area contributed by atoms with Crippen molar-refractivity contribution in [2.45, 2.75) is 64.2 Å². The van der Waals surface area contributed by atoms with Crippen LogP contribution >= 0.6 is 0 Å². The molecule has 1 aliphatic heterocycles. The second-order valence-corrected chi connectivity index (χ2v) is 10.7. The minimum Gasteiger partial charge on any atom is -0.481 e. The van der Waals surface area contributed by atoms with Crippen LogP contribution in [-0.4, -0.2) is 22.5 Å². The first-order chi connectivity index (χ1) is 18.8. The second kappa shape index (κ2) is 12.1. The highest BCUT2D eigenvalue weighted by atomic mass is 19.4. The van der Waals surface area contributed by atoms with Gasteiger partial charge in [-0.05, 0) is 72.7 Å². The van der Waals surface area contributed by atoms with Crippen LogP contribution in [0.5, 0.6) is 0 Å². The second-order valence-electron chi connectivity index (χ2n) is 10.7. The van der Waals surface area contributed by atoms with E-state index in [1.165, 1.54) is 30.0 Å². The predicted octanol–water partition coefficient (Wildman–Crippen LogP) is 9.17. The van der Waals surface area contributed by atoms with Gasteiger partial charge < -0.3 is 5.11 Å². The number of piperidine rings is 1. The first kappa shape index (κ1) is 32.5. The lowest BCUT2D eigenvalue weighted by atomic mass is 9.78. The van der Waals surface area contributed by atoms with E-state index in [0.717, 1.165) is 12.1 Å². The van der Waals surface area contributed by atoms with Crippen LogP contribution in [0.1, 0.15) is 73.5 Å². The summed E-state index contributed by atoms with van der Waals surface area (Å²) in [6.45, 7) is 4.93. The first-order valence-electron chi connectivity index (χ1n) is 12.9. The van der Waals surface area contributed by atoms with Crippen LogP contribution in [0, 0.1) is 17.8 Å². The lowest BCUT2D eigenvalue weighted by Gasteiger charge is -2.45. The Labute approximate surface area is 231 Å². The number of rotatable bonds is 7. The molecule has 0 saturated carbocycles. The molecule has 2 aromatic carbocycles. The Bertz CT molecular complexity index is 1230. The molecule has 41 heavy (non-hydrogen) atoms. The lowest BCUT2D eigenvalue weighted by molar-refractivity contribution is -0.144. The quantitative estimate of drug-likeness (QED) is 0.256. The molecule has 0 amide bonds. The summed E-state index contributed by atoms with van der Waals surface area (Å²) in [5, 5.41) is 9.57. The number of alkyl halides is 9. The SMILES string of the molecule is CC(C)/C=C\[C@H](c1cc(C(F)(F)F)ccc1C(F)(F)F)N1CC[C@@H](C(C)C(=O)O)C[C@H]1c1ccc(C(F)(F)F)cc1. The van der Waals surface area contributed by atoms with Crippen molar-refractivity contribution in [3.05, 3.63) is 82.4 Å². The topological polar surface area (TPSA) is 40.5 Å². The van der Waals surface area contributed by atoms with E-state index in [1.54, 1.807) is 19.9 Å². The predicted molar refractivity (Wildman–Crippen MR) is 134 cm³/mol. The summed E-state index contributed by atoms with van der Waals surface area (Å²) in [5.41, 5.74) is -3.86. The van der Waals surface area contributed by atoms with Crippen LogP contribution < -0.4 is 0 Å². The van der Waals surface area contributed by atoms with Gasteiger partial charge >= 0.3 is 24.5 Å². The van der Waals surface area contributed by atoms with Crippen molar-refractivity contribution < 1.29 is 49.4 Å². The third kappa shape index (κ3) is 7.84. The molecule has 0 spiro atoms. The summed E-state index contributed by atoms with van der Waals surface area (Å²) in [7, 11) is 0. The van der Waals surface area contributed by atoms with Gasteiger partial charge in [0.1, 0.15) is 0 Å². The van der Waals surface area contributed by atoms with Gasteiger partial charge in [0.15, 0.2) is 0 Å². The standard InChI is InChI=1S/C29H30F9NO2/c1-16(2)4-11-24(22-15-21(28(33,34)35)9-10-23(22)29(36,37)38)39-13-12-19(17(3)26(40)41)14-25(39)18-5-7-20(8-6-18)27(30,31)32/h4-11,15-17,19,24-25H,12-14H2,1-3H3,(H,40,41)/b11-4-/t17?,19-,24-,25+/m1/s1. The fraction of sp³-hybridized carbons (Fsp3) is 0.483. The molecule has 1 saturated heterocycles. The van der Waals surface area contributed by atoms with Crippen LogP contribution in [-0.2, 0) is 23.3 Å². The van der Waals surface area contributed by atoms with Crippen LogP contribution in [0.4, 0.5) is 39.5 Å². The van der Waals surface area contributed by atoms with Gasteiger partial charge in [0, 0.05) is 6.04 Å². The van der Waals surface area contributed by atoms with E-state index in [4.69, 9.17) is 0 Å². The Hall–Kier alpha value is -3.02. The number of hydrogen-bond acceptors (Lipinski definition) is 2. The van der Waals surface area contributed by atoms with E-state index in [2.05, 4.69) is 0 Å². The smallest absolute Gasteiger partial charge is 0.416 e. The molecule has 1 fully saturated rings. The lowest BCUT2D eigenvalue weighted by Crippen LogP contribution is -2.42.